The van der Waals surface area contributed by atoms with E-state index < -0.39 is 0 Å². The van der Waals surface area contributed by atoms with Gasteiger partial charge in [0.1, 0.15) is 6.04 Å². The Labute approximate surface area is 82.7 Å². The van der Waals surface area contributed by atoms with Crippen LogP contribution in [0, 0.1) is 0 Å². The number of carbonyl (C=O) groups excluding carboxylic acids is 1. The third kappa shape index (κ3) is 1.55. The summed E-state index contributed by atoms with van der Waals surface area (Å²) in [4.78, 5) is 17.2. The number of nitrogens with zero attached hydrogens (tertiary/aromatic N) is 2. The molecule has 4 nitrogen and oxygen atoms in total. The van der Waals surface area contributed by atoms with Crippen molar-refractivity contribution in [1.29, 1.82) is 0 Å². The van der Waals surface area contributed by atoms with E-state index in [2.05, 4.69) is 4.98 Å². The molecule has 2 rings (SSSR count). The Morgan fingerprint density at radius 2 is 2.50 bits per heavy atom. The van der Waals surface area contributed by atoms with Crippen LogP contribution in [0.1, 0.15) is 12.8 Å². The number of primary amides is 1. The van der Waals surface area contributed by atoms with Crippen molar-refractivity contribution in [2.75, 3.05) is 11.4 Å². The molecule has 1 aromatic heterocycles. The summed E-state index contributed by atoms with van der Waals surface area (Å²) < 4.78 is 0. The van der Waals surface area contributed by atoms with Gasteiger partial charge in [0.25, 0.3) is 0 Å². The number of amides is 1. The largest absolute Gasteiger partial charge is 0.368 e. The van der Waals surface area contributed by atoms with E-state index >= 15 is 0 Å². The average molecular weight is 191 g/mol. The van der Waals surface area contributed by atoms with Gasteiger partial charge in [0.15, 0.2) is 0 Å². The molecule has 1 aliphatic rings. The van der Waals surface area contributed by atoms with Gasteiger partial charge in [0.2, 0.25) is 5.91 Å². The third-order valence-electron chi connectivity index (χ3n) is 2.56. The molecule has 1 fully saturated rings. The molecular weight excluding hydrogens is 178 g/mol. The van der Waals surface area contributed by atoms with Crippen LogP contribution >= 0.6 is 0 Å². The summed E-state index contributed by atoms with van der Waals surface area (Å²) in [6, 6.07) is 3.67. The number of anilines is 1. The fraction of sp³-hybridized carbons (Fsp3) is 0.400. The van der Waals surface area contributed by atoms with Crippen LogP contribution in [0.4, 0.5) is 5.69 Å². The van der Waals surface area contributed by atoms with Crippen LogP contribution in [0.5, 0.6) is 0 Å². The van der Waals surface area contributed by atoms with Gasteiger partial charge in [-0.25, -0.2) is 0 Å². The van der Waals surface area contributed by atoms with E-state index in [-0.39, 0.29) is 11.9 Å². The smallest absolute Gasteiger partial charge is 0.240 e. The lowest BCUT2D eigenvalue weighted by Crippen LogP contribution is -2.40. The molecule has 1 saturated heterocycles. The summed E-state index contributed by atoms with van der Waals surface area (Å²) >= 11 is 0. The topological polar surface area (TPSA) is 59.2 Å². The normalized spacial score (nSPS) is 21.1. The van der Waals surface area contributed by atoms with Crippen LogP contribution < -0.4 is 10.6 Å². The molecule has 1 atom stereocenters. The van der Waals surface area contributed by atoms with Gasteiger partial charge in [-0.1, -0.05) is 0 Å². The van der Waals surface area contributed by atoms with Gasteiger partial charge in [-0.3, -0.25) is 9.78 Å². The number of nitrogens with two attached hydrogens (primary N) is 1. The summed E-state index contributed by atoms with van der Waals surface area (Å²) in [6.45, 7) is 0.888. The Bertz CT molecular complexity index is 325. The summed E-state index contributed by atoms with van der Waals surface area (Å²) in [6.07, 6.45) is 5.35. The van der Waals surface area contributed by atoms with Crippen molar-refractivity contribution in [1.82, 2.24) is 4.98 Å². The highest BCUT2D eigenvalue weighted by Crippen LogP contribution is 2.23. The highest BCUT2D eigenvalue weighted by molar-refractivity contribution is 5.84. The van der Waals surface area contributed by atoms with Crippen LogP contribution in [0.15, 0.2) is 24.5 Å². The Kier molecular flexibility index (Phi) is 2.35. The molecule has 1 unspecified atom stereocenters. The summed E-state index contributed by atoms with van der Waals surface area (Å²) in [5.74, 6) is -0.244. The van der Waals surface area contributed by atoms with Crippen molar-refractivity contribution in [2.24, 2.45) is 5.73 Å². The van der Waals surface area contributed by atoms with E-state index in [1.165, 1.54) is 0 Å². The number of carbonyl (C=O) groups is 1. The molecule has 2 heterocycles. The fourth-order valence-corrected chi connectivity index (χ4v) is 1.90. The molecule has 14 heavy (non-hydrogen) atoms. The third-order valence-corrected chi connectivity index (χ3v) is 2.56. The molecule has 0 bridgehead atoms. The van der Waals surface area contributed by atoms with Gasteiger partial charge in [0.05, 0.1) is 11.9 Å². The molecule has 4 heteroatoms. The molecule has 0 aliphatic carbocycles. The van der Waals surface area contributed by atoms with Crippen molar-refractivity contribution in [3.63, 3.8) is 0 Å². The van der Waals surface area contributed by atoms with Gasteiger partial charge < -0.3 is 10.6 Å². The number of rotatable bonds is 2. The quantitative estimate of drug-likeness (QED) is 0.742. The zero-order chi connectivity index (χ0) is 9.97. The Morgan fingerprint density at radius 3 is 3.14 bits per heavy atom. The first kappa shape index (κ1) is 8.99. The molecule has 1 aliphatic heterocycles. The number of hydrogen-bond acceptors (Lipinski definition) is 3. The molecule has 0 aromatic carbocycles. The van der Waals surface area contributed by atoms with E-state index in [0.717, 1.165) is 25.1 Å². The second-order valence-corrected chi connectivity index (χ2v) is 3.47. The number of aromatic nitrogens is 1. The molecular formula is C10H13N3O. The minimum atomic E-state index is -0.244. The predicted molar refractivity (Wildman–Crippen MR) is 53.8 cm³/mol. The van der Waals surface area contributed by atoms with Crippen LogP contribution in [-0.4, -0.2) is 23.5 Å². The summed E-state index contributed by atoms with van der Waals surface area (Å²) in [5, 5.41) is 0. The first-order valence-corrected chi connectivity index (χ1v) is 4.75. The minimum absolute atomic E-state index is 0.154. The van der Waals surface area contributed by atoms with Crippen LogP contribution in [0.2, 0.25) is 0 Å². The van der Waals surface area contributed by atoms with E-state index in [0.29, 0.717) is 0 Å². The molecule has 1 amide bonds. The highest BCUT2D eigenvalue weighted by atomic mass is 16.1. The number of pyridine rings is 1. The van der Waals surface area contributed by atoms with Crippen molar-refractivity contribution in [3.8, 4) is 0 Å². The molecule has 0 saturated carbocycles. The van der Waals surface area contributed by atoms with E-state index in [4.69, 9.17) is 5.73 Å². The Hall–Kier alpha value is -1.58. The standard InChI is InChI=1S/C10H13N3O/c11-10(14)9-4-2-6-13(9)8-3-1-5-12-7-8/h1,3,5,7,9H,2,4,6H2,(H2,11,14). The second-order valence-electron chi connectivity index (χ2n) is 3.47. The van der Waals surface area contributed by atoms with E-state index in [1.807, 2.05) is 17.0 Å². The van der Waals surface area contributed by atoms with Crippen LogP contribution in [0.25, 0.3) is 0 Å². The maximum atomic E-state index is 11.1. The lowest BCUT2D eigenvalue weighted by molar-refractivity contribution is -0.119. The van der Waals surface area contributed by atoms with E-state index in [9.17, 15) is 4.79 Å². The SMILES string of the molecule is NC(=O)C1CCCN1c1cccnc1. The highest BCUT2D eigenvalue weighted by Gasteiger charge is 2.28. The van der Waals surface area contributed by atoms with Gasteiger partial charge in [0, 0.05) is 12.7 Å². The number of hydrogen-bond donors (Lipinski definition) is 1. The van der Waals surface area contributed by atoms with Gasteiger partial charge >= 0.3 is 0 Å². The molecule has 0 spiro atoms. The average Bonchev–Trinajstić information content (AvgIpc) is 2.67. The van der Waals surface area contributed by atoms with Gasteiger partial charge in [-0.2, -0.15) is 0 Å². The molecule has 2 N–H and O–H groups in total. The van der Waals surface area contributed by atoms with Gasteiger partial charge in [-0.15, -0.1) is 0 Å². The predicted octanol–water partition coefficient (Wildman–Crippen LogP) is 0.536. The minimum Gasteiger partial charge on any atom is -0.368 e. The lowest BCUT2D eigenvalue weighted by atomic mass is 10.2. The van der Waals surface area contributed by atoms with Crippen LogP contribution in [-0.2, 0) is 4.79 Å². The maximum absolute atomic E-state index is 11.1. The zero-order valence-electron chi connectivity index (χ0n) is 7.89. The summed E-state index contributed by atoms with van der Waals surface area (Å²) in [7, 11) is 0. The second kappa shape index (κ2) is 3.65. The zero-order valence-corrected chi connectivity index (χ0v) is 7.89. The Balaban J connectivity index is 2.22. The van der Waals surface area contributed by atoms with Crippen LogP contribution in [0.3, 0.4) is 0 Å². The van der Waals surface area contributed by atoms with Crippen molar-refractivity contribution < 1.29 is 4.79 Å². The van der Waals surface area contributed by atoms with Crippen molar-refractivity contribution >= 4 is 11.6 Å². The monoisotopic (exact) mass is 191 g/mol. The first-order valence-electron chi connectivity index (χ1n) is 4.75. The molecule has 1 aromatic rings. The van der Waals surface area contributed by atoms with Crippen molar-refractivity contribution in [2.45, 2.75) is 18.9 Å². The first-order chi connectivity index (χ1) is 6.79. The van der Waals surface area contributed by atoms with Crippen molar-refractivity contribution in [3.05, 3.63) is 24.5 Å². The summed E-state index contributed by atoms with van der Waals surface area (Å²) in [5.41, 5.74) is 6.30. The molecule has 0 radical (unpaired) electrons. The Morgan fingerprint density at radius 1 is 1.64 bits per heavy atom. The molecule has 74 valence electrons. The van der Waals surface area contributed by atoms with E-state index in [1.54, 1.807) is 12.4 Å². The maximum Gasteiger partial charge on any atom is 0.240 e. The fourth-order valence-electron chi connectivity index (χ4n) is 1.90. The lowest BCUT2D eigenvalue weighted by Gasteiger charge is -2.23. The van der Waals surface area contributed by atoms with Gasteiger partial charge in [-0.05, 0) is 25.0 Å².